The zero-order valence-electron chi connectivity index (χ0n) is 18.4. The maximum Gasteiger partial charge on any atom is 0.238 e. The summed E-state index contributed by atoms with van der Waals surface area (Å²) in [7, 11) is 0. The summed E-state index contributed by atoms with van der Waals surface area (Å²) >= 11 is 0. The van der Waals surface area contributed by atoms with Gasteiger partial charge in [0.15, 0.2) is 0 Å². The summed E-state index contributed by atoms with van der Waals surface area (Å²) in [5, 5.41) is 6.02. The Labute approximate surface area is 179 Å². The van der Waals surface area contributed by atoms with Gasteiger partial charge in [-0.3, -0.25) is 19.4 Å². The molecule has 0 radical (unpaired) electrons. The number of carbonyl (C=O) groups is 2. The van der Waals surface area contributed by atoms with Crippen LogP contribution in [-0.4, -0.2) is 66.4 Å². The Kier molecular flexibility index (Phi) is 7.83. The predicted molar refractivity (Wildman–Crippen MR) is 117 cm³/mol. The van der Waals surface area contributed by atoms with E-state index in [9.17, 15) is 14.0 Å². The largest absolute Gasteiger partial charge is 0.352 e. The molecule has 30 heavy (non-hydrogen) atoms. The summed E-state index contributed by atoms with van der Waals surface area (Å²) in [5.74, 6) is 0.758. The molecule has 0 spiro atoms. The van der Waals surface area contributed by atoms with Gasteiger partial charge in [-0.05, 0) is 43.4 Å². The van der Waals surface area contributed by atoms with Crippen LogP contribution in [-0.2, 0) is 9.59 Å². The van der Waals surface area contributed by atoms with E-state index in [0.717, 1.165) is 32.6 Å². The molecule has 2 amide bonds. The molecule has 1 heterocycles. The van der Waals surface area contributed by atoms with Crippen LogP contribution < -0.4 is 10.6 Å². The molecule has 1 aliphatic heterocycles. The van der Waals surface area contributed by atoms with Crippen LogP contribution in [0.3, 0.4) is 0 Å². The molecule has 1 saturated heterocycles. The van der Waals surface area contributed by atoms with Crippen molar-refractivity contribution in [1.29, 1.82) is 0 Å². The molecule has 166 valence electrons. The average Bonchev–Trinajstić information content (AvgIpc) is 2.71. The highest BCUT2D eigenvalue weighted by Gasteiger charge is 2.31. The van der Waals surface area contributed by atoms with E-state index < -0.39 is 0 Å². The monoisotopic (exact) mass is 418 g/mol. The first-order chi connectivity index (χ1) is 14.3. The summed E-state index contributed by atoms with van der Waals surface area (Å²) < 4.78 is 13.2. The highest BCUT2D eigenvalue weighted by molar-refractivity contribution is 5.92. The van der Waals surface area contributed by atoms with E-state index in [1.165, 1.54) is 25.0 Å². The van der Waals surface area contributed by atoms with Gasteiger partial charge in [-0.2, -0.15) is 0 Å². The summed E-state index contributed by atoms with van der Waals surface area (Å²) in [4.78, 5) is 29.3. The van der Waals surface area contributed by atoms with Crippen LogP contribution >= 0.6 is 0 Å². The zero-order chi connectivity index (χ0) is 21.7. The number of amides is 2. The lowest BCUT2D eigenvalue weighted by Gasteiger charge is -2.39. The maximum absolute atomic E-state index is 13.2. The first-order valence-corrected chi connectivity index (χ1v) is 11.2. The Morgan fingerprint density at radius 1 is 1.17 bits per heavy atom. The molecule has 7 heteroatoms. The molecule has 0 unspecified atom stereocenters. The highest BCUT2D eigenvalue weighted by Crippen LogP contribution is 2.29. The second-order valence-electron chi connectivity index (χ2n) is 8.93. The summed E-state index contributed by atoms with van der Waals surface area (Å²) in [6.45, 7) is 9.71. The minimum Gasteiger partial charge on any atom is -0.352 e. The summed E-state index contributed by atoms with van der Waals surface area (Å²) in [5.41, 5.74) is 0.468. The first-order valence-electron chi connectivity index (χ1n) is 11.2. The van der Waals surface area contributed by atoms with Crippen molar-refractivity contribution in [2.75, 3.05) is 38.0 Å². The van der Waals surface area contributed by atoms with Crippen molar-refractivity contribution in [2.24, 2.45) is 11.8 Å². The van der Waals surface area contributed by atoms with Crippen LogP contribution in [0.5, 0.6) is 0 Å². The van der Waals surface area contributed by atoms with Gasteiger partial charge in [0, 0.05) is 37.9 Å². The number of carbonyl (C=O) groups excluding carboxylic acids is 2. The van der Waals surface area contributed by atoms with Gasteiger partial charge in [-0.25, -0.2) is 4.39 Å². The van der Waals surface area contributed by atoms with Crippen molar-refractivity contribution in [3.8, 4) is 0 Å². The molecule has 2 fully saturated rings. The third-order valence-corrected chi connectivity index (χ3v) is 6.84. The second-order valence-corrected chi connectivity index (χ2v) is 8.93. The fraction of sp³-hybridized carbons (Fsp3) is 0.652. The van der Waals surface area contributed by atoms with E-state index in [1.54, 1.807) is 12.1 Å². The predicted octanol–water partition coefficient (Wildman–Crippen LogP) is 2.71. The van der Waals surface area contributed by atoms with E-state index in [2.05, 4.69) is 34.3 Å². The maximum atomic E-state index is 13.2. The Morgan fingerprint density at radius 3 is 2.60 bits per heavy atom. The number of halogens is 1. The molecule has 2 N–H and O–H groups in total. The Morgan fingerprint density at radius 2 is 1.90 bits per heavy atom. The van der Waals surface area contributed by atoms with Crippen LogP contribution in [0.1, 0.15) is 40.0 Å². The fourth-order valence-corrected chi connectivity index (χ4v) is 4.53. The molecular weight excluding hydrogens is 383 g/mol. The Hall–Kier alpha value is -1.99. The van der Waals surface area contributed by atoms with Gasteiger partial charge >= 0.3 is 0 Å². The molecule has 1 aromatic carbocycles. The smallest absolute Gasteiger partial charge is 0.238 e. The number of hydrogen-bond donors (Lipinski definition) is 2. The van der Waals surface area contributed by atoms with Gasteiger partial charge in [0.25, 0.3) is 0 Å². The minimum atomic E-state index is -0.370. The van der Waals surface area contributed by atoms with Gasteiger partial charge in [-0.15, -0.1) is 0 Å². The van der Waals surface area contributed by atoms with Crippen molar-refractivity contribution < 1.29 is 14.0 Å². The SMILES string of the molecule is C[C@@H]1[C@H](C)CCC[C@@H]1NC(=O)[C@@H](C)N1CCN(CC(=O)Nc2cccc(F)c2)CC1. The second kappa shape index (κ2) is 10.4. The van der Waals surface area contributed by atoms with Gasteiger partial charge in [0.2, 0.25) is 11.8 Å². The summed E-state index contributed by atoms with van der Waals surface area (Å²) in [6.07, 6.45) is 3.50. The van der Waals surface area contributed by atoms with E-state index >= 15 is 0 Å². The number of piperazine rings is 1. The van der Waals surface area contributed by atoms with Crippen LogP contribution in [0.15, 0.2) is 24.3 Å². The van der Waals surface area contributed by atoms with Gasteiger partial charge in [0.1, 0.15) is 5.82 Å². The van der Waals surface area contributed by atoms with Crippen molar-refractivity contribution >= 4 is 17.5 Å². The third-order valence-electron chi connectivity index (χ3n) is 6.84. The van der Waals surface area contributed by atoms with E-state index in [0.29, 0.717) is 17.5 Å². The number of anilines is 1. The first kappa shape index (κ1) is 22.7. The Bertz CT molecular complexity index is 736. The number of nitrogens with zero attached hydrogens (tertiary/aromatic N) is 2. The summed E-state index contributed by atoms with van der Waals surface area (Å²) in [6, 6.07) is 6.01. The van der Waals surface area contributed by atoms with Crippen LogP contribution in [0.25, 0.3) is 0 Å². The molecule has 6 nitrogen and oxygen atoms in total. The number of benzene rings is 1. The lowest BCUT2D eigenvalue weighted by atomic mass is 9.78. The van der Waals surface area contributed by atoms with Crippen molar-refractivity contribution in [3.63, 3.8) is 0 Å². The molecule has 1 saturated carbocycles. The molecule has 3 rings (SSSR count). The number of hydrogen-bond acceptors (Lipinski definition) is 4. The van der Waals surface area contributed by atoms with E-state index in [4.69, 9.17) is 0 Å². The van der Waals surface area contributed by atoms with Gasteiger partial charge < -0.3 is 10.6 Å². The lowest BCUT2D eigenvalue weighted by molar-refractivity contribution is -0.128. The van der Waals surface area contributed by atoms with E-state index in [1.807, 2.05) is 6.92 Å². The minimum absolute atomic E-state index is 0.109. The van der Waals surface area contributed by atoms with Gasteiger partial charge in [0.05, 0.1) is 12.6 Å². The van der Waals surface area contributed by atoms with Crippen molar-refractivity contribution in [3.05, 3.63) is 30.1 Å². The molecule has 1 aliphatic carbocycles. The standard InChI is InChI=1S/C23H35FN4O2/c1-16-6-4-9-21(17(16)2)26-23(30)18(3)28-12-10-27(11-13-28)15-22(29)25-20-8-5-7-19(24)14-20/h5,7-8,14,16-18,21H,4,6,9-13,15H2,1-3H3,(H,25,29)(H,26,30)/t16-,17-,18-,21+/m1/s1. The molecule has 2 aliphatic rings. The van der Waals surface area contributed by atoms with Crippen molar-refractivity contribution in [2.45, 2.75) is 52.1 Å². The Balaban J connectivity index is 1.42. The van der Waals surface area contributed by atoms with E-state index in [-0.39, 0.29) is 36.3 Å². The fourth-order valence-electron chi connectivity index (χ4n) is 4.53. The average molecular weight is 419 g/mol. The third kappa shape index (κ3) is 6.01. The lowest BCUT2D eigenvalue weighted by Crippen LogP contribution is -2.56. The number of rotatable bonds is 6. The highest BCUT2D eigenvalue weighted by atomic mass is 19.1. The van der Waals surface area contributed by atoms with Crippen LogP contribution in [0.2, 0.25) is 0 Å². The molecular formula is C23H35FN4O2. The van der Waals surface area contributed by atoms with Crippen molar-refractivity contribution in [1.82, 2.24) is 15.1 Å². The molecule has 0 aromatic heterocycles. The quantitative estimate of drug-likeness (QED) is 0.746. The molecule has 4 atom stereocenters. The molecule has 1 aromatic rings. The van der Waals surface area contributed by atoms with Gasteiger partial charge in [-0.1, -0.05) is 32.8 Å². The topological polar surface area (TPSA) is 64.7 Å². The molecule has 0 bridgehead atoms. The zero-order valence-corrected chi connectivity index (χ0v) is 18.4. The van der Waals surface area contributed by atoms with Crippen LogP contribution in [0, 0.1) is 17.7 Å². The van der Waals surface area contributed by atoms with Crippen LogP contribution in [0.4, 0.5) is 10.1 Å². The normalized spacial score (nSPS) is 26.7. The number of nitrogens with one attached hydrogen (secondary N) is 2.